The summed E-state index contributed by atoms with van der Waals surface area (Å²) in [6.45, 7) is 7.97. The maximum absolute atomic E-state index is 13.9. The summed E-state index contributed by atoms with van der Waals surface area (Å²) in [5, 5.41) is 0.366. The Balaban J connectivity index is 1.97. The summed E-state index contributed by atoms with van der Waals surface area (Å²) in [4.78, 5) is 0. The van der Waals surface area contributed by atoms with Gasteiger partial charge in [0.05, 0.1) is 11.2 Å². The van der Waals surface area contributed by atoms with E-state index >= 15 is 0 Å². The van der Waals surface area contributed by atoms with E-state index in [2.05, 4.69) is 0 Å². The van der Waals surface area contributed by atoms with Crippen LogP contribution in [0, 0.1) is 5.82 Å². The topological polar surface area (TPSA) is 18.5 Å². The summed E-state index contributed by atoms with van der Waals surface area (Å²) in [5.41, 5.74) is 0.622. The van der Waals surface area contributed by atoms with Gasteiger partial charge in [-0.15, -0.1) is 0 Å². The quantitative estimate of drug-likeness (QED) is 0.776. The first-order chi connectivity index (χ1) is 9.21. The number of halogens is 2. The number of benzene rings is 1. The molecule has 1 saturated heterocycles. The highest BCUT2D eigenvalue weighted by molar-refractivity contribution is 6.65. The van der Waals surface area contributed by atoms with E-state index in [4.69, 9.17) is 20.9 Å². The fourth-order valence-corrected chi connectivity index (χ4v) is 2.68. The van der Waals surface area contributed by atoms with Crippen LogP contribution in [0.2, 0.25) is 5.02 Å². The summed E-state index contributed by atoms with van der Waals surface area (Å²) in [6.07, 6.45) is 2.09. The van der Waals surface area contributed by atoms with Crippen LogP contribution in [-0.2, 0) is 9.31 Å². The Kier molecular flexibility index (Phi) is 3.20. The fourth-order valence-electron chi connectivity index (χ4n) is 2.44. The molecule has 0 amide bonds. The lowest BCUT2D eigenvalue weighted by molar-refractivity contribution is 0.00578. The molecule has 1 saturated carbocycles. The predicted molar refractivity (Wildman–Crippen MR) is 79.1 cm³/mol. The molecule has 2 fully saturated rings. The molecular weight excluding hydrogens is 277 g/mol. The van der Waals surface area contributed by atoms with Crippen molar-refractivity contribution in [2.75, 3.05) is 0 Å². The number of rotatable bonds is 2. The van der Waals surface area contributed by atoms with Gasteiger partial charge in [0.15, 0.2) is 0 Å². The Morgan fingerprint density at radius 3 is 2.20 bits per heavy atom. The van der Waals surface area contributed by atoms with Crippen LogP contribution in [0.4, 0.5) is 4.39 Å². The molecular formula is C15H19BClFO2. The molecule has 1 aromatic carbocycles. The molecule has 0 aromatic heterocycles. The van der Waals surface area contributed by atoms with E-state index in [1.165, 1.54) is 6.07 Å². The van der Waals surface area contributed by atoms with Gasteiger partial charge in [-0.05, 0) is 58.1 Å². The van der Waals surface area contributed by atoms with Crippen LogP contribution in [0.25, 0.3) is 0 Å². The molecule has 0 spiro atoms. The molecule has 2 nitrogen and oxygen atoms in total. The van der Waals surface area contributed by atoms with Crippen molar-refractivity contribution in [2.45, 2.75) is 57.7 Å². The summed E-state index contributed by atoms with van der Waals surface area (Å²) in [5.74, 6) is 0.103. The molecule has 0 radical (unpaired) electrons. The van der Waals surface area contributed by atoms with Gasteiger partial charge in [-0.2, -0.15) is 0 Å². The molecule has 0 N–H and O–H groups in total. The van der Waals surface area contributed by atoms with E-state index < -0.39 is 18.3 Å². The standard InChI is InChI=1S/C15H19BClFO2/c1-14(2)15(3,4)20-16(19-14)11-7-10(9-5-6-9)13(18)8-12(11)17/h7-9H,5-6H2,1-4H3. The fraction of sp³-hybridized carbons (Fsp3) is 0.600. The van der Waals surface area contributed by atoms with Gasteiger partial charge < -0.3 is 9.31 Å². The Labute approximate surface area is 124 Å². The normalized spacial score (nSPS) is 24.2. The minimum absolute atomic E-state index is 0.224. The molecule has 5 heteroatoms. The van der Waals surface area contributed by atoms with Crippen LogP contribution >= 0.6 is 11.6 Å². The maximum atomic E-state index is 13.9. The molecule has 0 bridgehead atoms. The van der Waals surface area contributed by atoms with Crippen molar-refractivity contribution in [1.29, 1.82) is 0 Å². The zero-order valence-electron chi connectivity index (χ0n) is 12.3. The first kappa shape index (κ1) is 14.4. The molecule has 3 rings (SSSR count). The van der Waals surface area contributed by atoms with Crippen molar-refractivity contribution in [3.63, 3.8) is 0 Å². The van der Waals surface area contributed by atoms with E-state index in [9.17, 15) is 4.39 Å². The van der Waals surface area contributed by atoms with Crippen LogP contribution in [0.5, 0.6) is 0 Å². The van der Waals surface area contributed by atoms with Crippen molar-refractivity contribution in [3.05, 3.63) is 28.5 Å². The molecule has 1 aliphatic heterocycles. The van der Waals surface area contributed by atoms with Crippen molar-refractivity contribution < 1.29 is 13.7 Å². The highest BCUT2D eigenvalue weighted by Gasteiger charge is 2.52. The largest absolute Gasteiger partial charge is 0.496 e. The first-order valence-electron chi connectivity index (χ1n) is 7.06. The molecule has 20 heavy (non-hydrogen) atoms. The summed E-state index contributed by atoms with van der Waals surface area (Å²) < 4.78 is 25.9. The van der Waals surface area contributed by atoms with Crippen molar-refractivity contribution in [3.8, 4) is 0 Å². The molecule has 108 valence electrons. The summed E-state index contributed by atoms with van der Waals surface area (Å²) in [7, 11) is -0.536. The van der Waals surface area contributed by atoms with Crippen LogP contribution in [0.3, 0.4) is 0 Å². The monoisotopic (exact) mass is 296 g/mol. The second-order valence-corrected chi connectivity index (χ2v) is 7.16. The first-order valence-corrected chi connectivity index (χ1v) is 7.43. The van der Waals surface area contributed by atoms with Crippen molar-refractivity contribution >= 4 is 24.2 Å². The predicted octanol–water partition coefficient (Wildman–Crippen LogP) is 3.66. The zero-order chi connectivity index (χ0) is 14.7. The van der Waals surface area contributed by atoms with E-state index in [0.717, 1.165) is 23.9 Å². The lowest BCUT2D eigenvalue weighted by atomic mass is 9.78. The van der Waals surface area contributed by atoms with Gasteiger partial charge in [0.1, 0.15) is 5.82 Å². The lowest BCUT2D eigenvalue weighted by Gasteiger charge is -2.32. The Morgan fingerprint density at radius 2 is 1.70 bits per heavy atom. The average molecular weight is 297 g/mol. The van der Waals surface area contributed by atoms with Crippen LogP contribution < -0.4 is 5.46 Å². The van der Waals surface area contributed by atoms with Gasteiger partial charge >= 0.3 is 7.12 Å². The van der Waals surface area contributed by atoms with Gasteiger partial charge in [0.25, 0.3) is 0 Å². The van der Waals surface area contributed by atoms with Gasteiger partial charge in [0, 0.05) is 10.5 Å². The SMILES string of the molecule is CC1(C)OB(c2cc(C3CC3)c(F)cc2Cl)OC1(C)C. The van der Waals surface area contributed by atoms with Crippen molar-refractivity contribution in [1.82, 2.24) is 0 Å². The molecule has 1 heterocycles. The van der Waals surface area contributed by atoms with Gasteiger partial charge in [-0.1, -0.05) is 17.7 Å². The Hall–Kier alpha value is -0.575. The van der Waals surface area contributed by atoms with Gasteiger partial charge in [0.2, 0.25) is 0 Å². The van der Waals surface area contributed by atoms with Gasteiger partial charge in [-0.25, -0.2) is 4.39 Å². The minimum atomic E-state index is -0.536. The van der Waals surface area contributed by atoms with Crippen LogP contribution in [0.15, 0.2) is 12.1 Å². The van der Waals surface area contributed by atoms with E-state index in [-0.39, 0.29) is 5.82 Å². The number of hydrogen-bond acceptors (Lipinski definition) is 2. The molecule has 0 atom stereocenters. The minimum Gasteiger partial charge on any atom is -0.399 e. The lowest BCUT2D eigenvalue weighted by Crippen LogP contribution is -2.41. The third-order valence-corrected chi connectivity index (χ3v) is 4.97. The van der Waals surface area contributed by atoms with Crippen LogP contribution in [-0.4, -0.2) is 18.3 Å². The number of hydrogen-bond donors (Lipinski definition) is 0. The molecule has 1 aromatic rings. The second-order valence-electron chi connectivity index (χ2n) is 6.76. The van der Waals surface area contributed by atoms with Crippen molar-refractivity contribution in [2.24, 2.45) is 0 Å². The smallest absolute Gasteiger partial charge is 0.399 e. The Morgan fingerprint density at radius 1 is 1.15 bits per heavy atom. The van der Waals surface area contributed by atoms with E-state index in [1.807, 2.05) is 33.8 Å². The average Bonchev–Trinajstić information content (AvgIpc) is 3.07. The highest BCUT2D eigenvalue weighted by Crippen LogP contribution is 2.42. The third-order valence-electron chi connectivity index (χ3n) is 4.64. The van der Waals surface area contributed by atoms with Gasteiger partial charge in [-0.3, -0.25) is 0 Å². The molecule has 2 aliphatic rings. The third kappa shape index (κ3) is 2.28. The molecule has 0 unspecified atom stereocenters. The zero-order valence-corrected chi connectivity index (χ0v) is 13.1. The summed E-state index contributed by atoms with van der Waals surface area (Å²) in [6, 6.07) is 3.20. The summed E-state index contributed by atoms with van der Waals surface area (Å²) >= 11 is 6.19. The van der Waals surface area contributed by atoms with Crippen LogP contribution in [0.1, 0.15) is 52.0 Å². The van der Waals surface area contributed by atoms with E-state index in [1.54, 1.807) is 0 Å². The Bertz CT molecular complexity index is 539. The highest BCUT2D eigenvalue weighted by atomic mass is 35.5. The maximum Gasteiger partial charge on any atom is 0.496 e. The molecule has 1 aliphatic carbocycles. The van der Waals surface area contributed by atoms with E-state index in [0.29, 0.717) is 10.9 Å². The second kappa shape index (κ2) is 4.46.